The van der Waals surface area contributed by atoms with Crippen molar-refractivity contribution in [3.63, 3.8) is 0 Å². The molecule has 4 aromatic rings. The minimum atomic E-state index is -0.676. The topological polar surface area (TPSA) is 131 Å². The quantitative estimate of drug-likeness (QED) is 0.438. The Bertz CT molecular complexity index is 1290. The lowest BCUT2D eigenvalue weighted by Gasteiger charge is -2.07. The van der Waals surface area contributed by atoms with Gasteiger partial charge in [-0.1, -0.05) is 18.2 Å². The molecular weight excluding hydrogens is 388 g/mol. The van der Waals surface area contributed by atoms with Gasteiger partial charge in [-0.3, -0.25) is 25.2 Å². The van der Waals surface area contributed by atoms with E-state index in [1.54, 1.807) is 61.8 Å². The van der Waals surface area contributed by atoms with Crippen molar-refractivity contribution in [1.82, 2.24) is 30.8 Å². The average Bonchev–Trinajstić information content (AvgIpc) is 3.28. The lowest BCUT2D eigenvalue weighted by Crippen LogP contribution is -2.42. The molecule has 10 nitrogen and oxygen atoms in total. The van der Waals surface area contributed by atoms with Gasteiger partial charge in [0, 0.05) is 11.6 Å². The van der Waals surface area contributed by atoms with Gasteiger partial charge in [0.25, 0.3) is 17.4 Å². The minimum Gasteiger partial charge on any atom is -0.497 e. The zero-order chi connectivity index (χ0) is 21.1. The molecule has 3 N–H and O–H groups in total. The first-order valence-corrected chi connectivity index (χ1v) is 8.85. The fourth-order valence-electron chi connectivity index (χ4n) is 2.85. The molecule has 2 amide bonds. The van der Waals surface area contributed by atoms with Crippen molar-refractivity contribution in [1.29, 1.82) is 0 Å². The Kier molecular flexibility index (Phi) is 4.95. The van der Waals surface area contributed by atoms with Crippen molar-refractivity contribution in [2.75, 3.05) is 7.11 Å². The maximum Gasteiger partial charge on any atom is 0.290 e. The first-order valence-electron chi connectivity index (χ1n) is 8.85. The zero-order valence-corrected chi connectivity index (χ0v) is 15.7. The van der Waals surface area contributed by atoms with Gasteiger partial charge in [-0.25, -0.2) is 9.78 Å². The molecule has 0 saturated heterocycles. The second kappa shape index (κ2) is 7.87. The first kappa shape index (κ1) is 18.9. The van der Waals surface area contributed by atoms with Crippen LogP contribution >= 0.6 is 0 Å². The van der Waals surface area contributed by atoms with Crippen molar-refractivity contribution in [3.05, 3.63) is 82.5 Å². The number of fused-ring (bicyclic) bond motifs is 1. The Balaban J connectivity index is 1.46. The summed E-state index contributed by atoms with van der Waals surface area (Å²) in [5.74, 6) is -0.579. The number of hydrazine groups is 1. The fourth-order valence-corrected chi connectivity index (χ4v) is 2.85. The summed E-state index contributed by atoms with van der Waals surface area (Å²) in [5.41, 5.74) is 4.99. The highest BCUT2D eigenvalue weighted by Crippen LogP contribution is 2.15. The summed E-state index contributed by atoms with van der Waals surface area (Å²) in [6, 6.07) is 15.2. The number of nitrogens with zero attached hydrogens (tertiary/aromatic N) is 3. The number of aromatic amines is 1. The molecule has 0 unspecified atom stereocenters. The lowest BCUT2D eigenvalue weighted by atomic mass is 10.1. The number of nitrogens with one attached hydrogen (secondary N) is 3. The highest BCUT2D eigenvalue weighted by molar-refractivity contribution is 6.05. The third kappa shape index (κ3) is 3.61. The van der Waals surface area contributed by atoms with E-state index in [2.05, 4.69) is 26.1 Å². The largest absolute Gasteiger partial charge is 0.497 e. The van der Waals surface area contributed by atoms with Crippen LogP contribution in [0.25, 0.3) is 16.5 Å². The lowest BCUT2D eigenvalue weighted by molar-refractivity contribution is 0.0841. The number of ether oxygens (including phenoxy) is 1. The van der Waals surface area contributed by atoms with Crippen LogP contribution < -0.4 is 21.1 Å². The van der Waals surface area contributed by atoms with Crippen LogP contribution in [-0.4, -0.2) is 38.9 Å². The summed E-state index contributed by atoms with van der Waals surface area (Å²) < 4.78 is 6.63. The summed E-state index contributed by atoms with van der Waals surface area (Å²) in [5, 5.41) is 10.9. The van der Waals surface area contributed by atoms with E-state index >= 15 is 0 Å². The average molecular weight is 404 g/mol. The van der Waals surface area contributed by atoms with Gasteiger partial charge in [0.15, 0.2) is 11.4 Å². The Morgan fingerprint density at radius 3 is 2.40 bits per heavy atom. The predicted molar refractivity (Wildman–Crippen MR) is 107 cm³/mol. The number of methoxy groups -OCH3 is 1. The minimum absolute atomic E-state index is 0.0192. The molecule has 30 heavy (non-hydrogen) atoms. The van der Waals surface area contributed by atoms with E-state index in [1.165, 1.54) is 10.7 Å². The second-order valence-electron chi connectivity index (χ2n) is 6.20. The van der Waals surface area contributed by atoms with Crippen LogP contribution in [0.5, 0.6) is 5.75 Å². The molecule has 0 spiro atoms. The molecule has 0 bridgehead atoms. The third-order valence-corrected chi connectivity index (χ3v) is 4.36. The van der Waals surface area contributed by atoms with Crippen molar-refractivity contribution in [3.8, 4) is 11.4 Å². The molecule has 2 heterocycles. The molecule has 0 saturated carbocycles. The fraction of sp³-hybridized carbons (Fsp3) is 0.0500. The van der Waals surface area contributed by atoms with E-state index in [0.29, 0.717) is 16.5 Å². The summed E-state index contributed by atoms with van der Waals surface area (Å²) in [6.07, 6.45) is 1.62. The molecule has 10 heteroatoms. The van der Waals surface area contributed by atoms with Crippen molar-refractivity contribution in [2.45, 2.75) is 0 Å². The maximum atomic E-state index is 12.4. The first-order chi connectivity index (χ1) is 14.6. The number of H-pyrrole nitrogens is 1. The van der Waals surface area contributed by atoms with Gasteiger partial charge in [-0.15, -0.1) is 0 Å². The predicted octanol–water partition coefficient (Wildman–Crippen LogP) is 1.19. The number of rotatable bonds is 4. The summed E-state index contributed by atoms with van der Waals surface area (Å²) >= 11 is 0. The number of aromatic nitrogens is 4. The van der Waals surface area contributed by atoms with Crippen LogP contribution in [0.15, 0.2) is 65.6 Å². The summed E-state index contributed by atoms with van der Waals surface area (Å²) in [4.78, 5) is 36.6. The summed E-state index contributed by atoms with van der Waals surface area (Å²) in [6.45, 7) is 0. The third-order valence-electron chi connectivity index (χ3n) is 4.36. The van der Waals surface area contributed by atoms with Crippen molar-refractivity contribution >= 4 is 22.6 Å². The van der Waals surface area contributed by atoms with E-state index in [0.717, 1.165) is 5.69 Å². The zero-order valence-electron chi connectivity index (χ0n) is 15.7. The highest BCUT2D eigenvalue weighted by Gasteiger charge is 2.16. The van der Waals surface area contributed by atoms with Gasteiger partial charge in [0.2, 0.25) is 0 Å². The number of carbonyl (C=O) groups is 2. The Labute approximate surface area is 169 Å². The SMILES string of the molecule is COc1ccc(-n2ccc(C(=O)NNC(=O)c3n[nH]c(=O)c4ccccc34)n2)cc1. The monoisotopic (exact) mass is 404 g/mol. The maximum absolute atomic E-state index is 12.4. The molecule has 0 aliphatic heterocycles. The van der Waals surface area contributed by atoms with Gasteiger partial charge in [0.1, 0.15) is 5.75 Å². The molecule has 0 fully saturated rings. The number of amides is 2. The van der Waals surface area contributed by atoms with Gasteiger partial charge in [-0.05, 0) is 36.4 Å². The number of hydrogen-bond donors (Lipinski definition) is 3. The van der Waals surface area contributed by atoms with Crippen LogP contribution in [-0.2, 0) is 0 Å². The van der Waals surface area contributed by atoms with Gasteiger partial charge in [-0.2, -0.15) is 10.2 Å². The number of hydrogen-bond acceptors (Lipinski definition) is 6. The summed E-state index contributed by atoms with van der Waals surface area (Å²) in [7, 11) is 1.57. The Morgan fingerprint density at radius 2 is 1.67 bits per heavy atom. The smallest absolute Gasteiger partial charge is 0.290 e. The molecule has 4 rings (SSSR count). The molecule has 0 radical (unpaired) electrons. The van der Waals surface area contributed by atoms with E-state index in [9.17, 15) is 14.4 Å². The van der Waals surface area contributed by atoms with Gasteiger partial charge >= 0.3 is 0 Å². The molecule has 0 atom stereocenters. The Hall–Kier alpha value is -4.47. The molecule has 0 aliphatic rings. The number of benzene rings is 2. The van der Waals surface area contributed by atoms with Crippen LogP contribution in [0.3, 0.4) is 0 Å². The molecule has 2 aromatic heterocycles. The molecule has 2 aromatic carbocycles. The van der Waals surface area contributed by atoms with Gasteiger partial charge in [0.05, 0.1) is 18.2 Å². The molecule has 150 valence electrons. The van der Waals surface area contributed by atoms with E-state index in [1.807, 2.05) is 0 Å². The highest BCUT2D eigenvalue weighted by atomic mass is 16.5. The van der Waals surface area contributed by atoms with E-state index in [4.69, 9.17) is 4.74 Å². The number of carbonyl (C=O) groups excluding carboxylic acids is 2. The normalized spacial score (nSPS) is 10.6. The van der Waals surface area contributed by atoms with Crippen LogP contribution in [0.1, 0.15) is 21.0 Å². The molecular formula is C20H16N6O4. The molecule has 0 aliphatic carbocycles. The van der Waals surface area contributed by atoms with Crippen LogP contribution in [0.4, 0.5) is 0 Å². The van der Waals surface area contributed by atoms with E-state index < -0.39 is 17.4 Å². The van der Waals surface area contributed by atoms with Crippen LogP contribution in [0.2, 0.25) is 0 Å². The van der Waals surface area contributed by atoms with Gasteiger partial charge < -0.3 is 4.74 Å². The van der Waals surface area contributed by atoms with Crippen molar-refractivity contribution in [2.24, 2.45) is 0 Å². The Morgan fingerprint density at radius 1 is 0.967 bits per heavy atom. The van der Waals surface area contributed by atoms with Crippen molar-refractivity contribution < 1.29 is 14.3 Å². The van der Waals surface area contributed by atoms with E-state index in [-0.39, 0.29) is 11.4 Å². The second-order valence-corrected chi connectivity index (χ2v) is 6.20. The van der Waals surface area contributed by atoms with Crippen LogP contribution in [0, 0.1) is 0 Å². The standard InChI is InChI=1S/C20H16N6O4/c1-30-13-8-6-12(7-9-13)26-11-10-16(25-26)19(28)23-24-20(29)17-14-4-2-3-5-15(14)18(27)22-21-17/h2-11H,1H3,(H,22,27)(H,23,28)(H,24,29).